The van der Waals surface area contributed by atoms with E-state index in [0.717, 1.165) is 69.0 Å². The van der Waals surface area contributed by atoms with Crippen molar-refractivity contribution in [2.24, 2.45) is 17.8 Å². The topological polar surface area (TPSA) is 123 Å². The molecule has 0 radical (unpaired) electrons. The monoisotopic (exact) mass is 807 g/mol. The number of rotatable bonds is 3. The molecular weight excluding hydrogens is 750 g/mol. The van der Waals surface area contributed by atoms with Crippen LogP contribution < -0.4 is 14.4 Å². The highest BCUT2D eigenvalue weighted by atomic mass is 35.5. The van der Waals surface area contributed by atoms with E-state index in [-0.39, 0.29) is 40.7 Å². The Morgan fingerprint density at radius 2 is 1.86 bits per heavy atom. The van der Waals surface area contributed by atoms with Crippen LogP contribution in [0.15, 0.2) is 49.1 Å². The lowest BCUT2D eigenvalue weighted by atomic mass is 9.62. The number of ether oxygens (including phenoxy) is 1. The Morgan fingerprint density at radius 1 is 1.04 bits per heavy atom. The van der Waals surface area contributed by atoms with Gasteiger partial charge in [0, 0.05) is 80.9 Å². The van der Waals surface area contributed by atoms with Crippen LogP contribution in [0.2, 0.25) is 5.02 Å². The summed E-state index contributed by atoms with van der Waals surface area (Å²) in [5.74, 6) is 0.0225. The molecule has 8 rings (SSSR count). The minimum absolute atomic E-state index is 0.0323. The van der Waals surface area contributed by atoms with Crippen LogP contribution in [0.1, 0.15) is 80.3 Å². The number of nitrogens with one attached hydrogen (secondary N) is 1. The van der Waals surface area contributed by atoms with Crippen LogP contribution in [-0.2, 0) is 26.7 Å². The molecule has 1 spiro atoms. The molecule has 2 unspecified atom stereocenters. The number of nitrogens with zero attached hydrogens (tertiary/aromatic N) is 4. The molecule has 2 bridgehead atoms. The molecule has 4 heterocycles. The fourth-order valence-electron chi connectivity index (χ4n) is 10.8. The van der Waals surface area contributed by atoms with Crippen LogP contribution in [0.5, 0.6) is 5.75 Å². The number of fused-ring (bicyclic) bond motifs is 5. The van der Waals surface area contributed by atoms with E-state index in [2.05, 4.69) is 38.1 Å². The molecule has 2 N–H and O–H groups in total. The molecule has 11 nitrogen and oxygen atoms in total. The summed E-state index contributed by atoms with van der Waals surface area (Å²) in [5.41, 5.74) is 2.25. The number of aliphatic hydroxyl groups is 1. The summed E-state index contributed by atoms with van der Waals surface area (Å²) in [6.07, 6.45) is 8.04. The zero-order valence-corrected chi connectivity index (χ0v) is 34.5. The molecule has 1 saturated carbocycles. The third-order valence-electron chi connectivity index (χ3n) is 14.4. The lowest BCUT2D eigenvalue weighted by Gasteiger charge is -2.53. The maximum absolute atomic E-state index is 13.7. The predicted molar refractivity (Wildman–Crippen MR) is 219 cm³/mol. The maximum Gasteiger partial charge on any atom is 0.264 e. The van der Waals surface area contributed by atoms with Gasteiger partial charge in [-0.2, -0.15) is 0 Å². The van der Waals surface area contributed by atoms with E-state index in [1.807, 2.05) is 24.0 Å². The zero-order valence-electron chi connectivity index (χ0n) is 32.9. The lowest BCUT2D eigenvalue weighted by Crippen LogP contribution is -2.65. The average molecular weight is 808 g/mol. The SMILES string of the molecule is C=CC(=O)N1CCN2CCN(CC3(O)CCC[C@H](C)[C@@H](C)S(=O)(=O)NC(=O)c4ccc5c(c4)N(C[C@@H]4CC[C@H]43)C[C@@]3(CCCc4cc(Cl)ccc43)CO5)CC2C1. The van der Waals surface area contributed by atoms with E-state index in [9.17, 15) is 23.1 Å². The van der Waals surface area contributed by atoms with Gasteiger partial charge in [0.2, 0.25) is 15.9 Å². The first-order valence-electron chi connectivity index (χ1n) is 20.7. The summed E-state index contributed by atoms with van der Waals surface area (Å²) in [6, 6.07) is 11.7. The van der Waals surface area contributed by atoms with E-state index in [4.69, 9.17) is 16.3 Å². The highest BCUT2D eigenvalue weighted by Gasteiger charge is 2.50. The second kappa shape index (κ2) is 15.5. The smallest absolute Gasteiger partial charge is 0.264 e. The second-order valence-corrected chi connectivity index (χ2v) is 20.3. The van der Waals surface area contributed by atoms with Gasteiger partial charge in [-0.05, 0) is 117 Å². The van der Waals surface area contributed by atoms with Gasteiger partial charge in [-0.25, -0.2) is 13.1 Å². The zero-order chi connectivity index (χ0) is 39.4. The van der Waals surface area contributed by atoms with Gasteiger partial charge in [0.1, 0.15) is 5.75 Å². The Bertz CT molecular complexity index is 1960. The largest absolute Gasteiger partial charge is 0.490 e. The third-order valence-corrected chi connectivity index (χ3v) is 16.6. The molecule has 2 aliphatic carbocycles. The van der Waals surface area contributed by atoms with Gasteiger partial charge in [-0.1, -0.05) is 37.6 Å². The summed E-state index contributed by atoms with van der Waals surface area (Å²) < 4.78 is 36.3. The fraction of sp³-hybridized carbons (Fsp3) is 0.628. The standard InChI is InChI=1S/C43H58ClN5O6S/c1-4-40(50)48-20-19-47-18-17-46(24-35(47)25-48)27-43(52)16-5-7-29(2)30(3)56(53,54)45-41(51)32-10-14-39-38(22-32)49(23-33-9-12-37(33)43)26-42(28-55-39)15-6-8-31-21-34(44)11-13-36(31)42/h4,10-11,13-14,21-22,29-30,33,35,37,52H,1,5-9,12,15-20,23-28H2,2-3H3,(H,45,51)/t29-,30+,33-,35?,37+,42-,43?/m0/s1. The number of carbonyl (C=O) groups is 2. The molecule has 7 atom stereocenters. The molecular formula is C43H58ClN5O6S. The third kappa shape index (κ3) is 7.61. The Balaban J connectivity index is 1.13. The molecule has 2 saturated heterocycles. The lowest BCUT2D eigenvalue weighted by molar-refractivity contribution is -0.132. The first-order valence-corrected chi connectivity index (χ1v) is 22.7. The highest BCUT2D eigenvalue weighted by Crippen LogP contribution is 2.49. The van der Waals surface area contributed by atoms with Crippen molar-refractivity contribution in [3.05, 3.63) is 70.8 Å². The van der Waals surface area contributed by atoms with E-state index in [1.165, 1.54) is 17.2 Å². The number of carbonyl (C=O) groups excluding carboxylic acids is 2. The molecule has 4 aliphatic heterocycles. The van der Waals surface area contributed by atoms with Crippen LogP contribution in [0.4, 0.5) is 5.69 Å². The molecule has 56 heavy (non-hydrogen) atoms. The van der Waals surface area contributed by atoms with Crippen LogP contribution in [0, 0.1) is 17.8 Å². The van der Waals surface area contributed by atoms with Gasteiger partial charge in [-0.3, -0.25) is 19.4 Å². The van der Waals surface area contributed by atoms with Crippen LogP contribution in [0.3, 0.4) is 0 Å². The van der Waals surface area contributed by atoms with E-state index in [0.29, 0.717) is 64.3 Å². The Morgan fingerprint density at radius 3 is 2.64 bits per heavy atom. The van der Waals surface area contributed by atoms with Crippen molar-refractivity contribution < 1.29 is 27.9 Å². The van der Waals surface area contributed by atoms with Gasteiger partial charge >= 0.3 is 0 Å². The van der Waals surface area contributed by atoms with E-state index in [1.54, 1.807) is 19.1 Å². The first-order chi connectivity index (χ1) is 26.8. The molecule has 2 aromatic carbocycles. The number of anilines is 1. The molecule has 0 aromatic heterocycles. The number of piperazine rings is 2. The Kier molecular flexibility index (Phi) is 11.0. The maximum atomic E-state index is 13.7. The van der Waals surface area contributed by atoms with Crippen molar-refractivity contribution in [3.63, 3.8) is 0 Å². The summed E-state index contributed by atoms with van der Waals surface area (Å²) in [4.78, 5) is 35.4. The van der Waals surface area contributed by atoms with Crippen molar-refractivity contribution in [1.82, 2.24) is 19.4 Å². The molecule has 2 amide bonds. The number of amides is 2. The normalized spacial score (nSPS) is 33.8. The first kappa shape index (κ1) is 39.7. The van der Waals surface area contributed by atoms with Gasteiger partial charge in [0.15, 0.2) is 0 Å². The van der Waals surface area contributed by atoms with Crippen molar-refractivity contribution in [3.8, 4) is 5.75 Å². The number of sulfonamides is 1. The minimum Gasteiger partial charge on any atom is -0.490 e. The number of aryl methyl sites for hydroxylation is 1. The van der Waals surface area contributed by atoms with Crippen LogP contribution >= 0.6 is 11.6 Å². The highest BCUT2D eigenvalue weighted by molar-refractivity contribution is 7.90. The van der Waals surface area contributed by atoms with Gasteiger partial charge < -0.3 is 19.6 Å². The average Bonchev–Trinajstić information content (AvgIpc) is 3.31. The van der Waals surface area contributed by atoms with Crippen LogP contribution in [-0.4, -0.2) is 122 Å². The quantitative estimate of drug-likeness (QED) is 0.420. The second-order valence-electron chi connectivity index (χ2n) is 17.8. The number of hydrogen-bond donors (Lipinski definition) is 2. The van der Waals surface area contributed by atoms with Crippen molar-refractivity contribution in [1.29, 1.82) is 0 Å². The molecule has 6 aliphatic rings. The summed E-state index contributed by atoms with van der Waals surface area (Å²) >= 11 is 6.50. The number of hydrogen-bond acceptors (Lipinski definition) is 9. The van der Waals surface area contributed by atoms with E-state index >= 15 is 0 Å². The number of benzene rings is 2. The van der Waals surface area contributed by atoms with Crippen molar-refractivity contribution >= 4 is 39.1 Å². The number of halogens is 1. The molecule has 304 valence electrons. The van der Waals surface area contributed by atoms with Gasteiger partial charge in [-0.15, -0.1) is 0 Å². The molecule has 13 heteroatoms. The van der Waals surface area contributed by atoms with Gasteiger partial charge in [0.25, 0.3) is 5.91 Å². The van der Waals surface area contributed by atoms with E-state index < -0.39 is 26.8 Å². The minimum atomic E-state index is -3.99. The van der Waals surface area contributed by atoms with Crippen LogP contribution in [0.25, 0.3) is 0 Å². The molecule has 2 aromatic rings. The Hall–Kier alpha value is -3.16. The van der Waals surface area contributed by atoms with Gasteiger partial charge in [0.05, 0.1) is 23.1 Å². The summed E-state index contributed by atoms with van der Waals surface area (Å²) in [6.45, 7) is 14.4. The molecule has 3 fully saturated rings. The van der Waals surface area contributed by atoms with Crippen molar-refractivity contribution in [2.75, 3.05) is 70.4 Å². The summed E-state index contributed by atoms with van der Waals surface area (Å²) in [7, 11) is -3.99. The number of β-amino-alcohol motifs (C(OH)–C–C–N with tert-alkyl or cyclic N) is 1. The summed E-state index contributed by atoms with van der Waals surface area (Å²) in [5, 5.41) is 13.0. The predicted octanol–water partition coefficient (Wildman–Crippen LogP) is 4.85. The van der Waals surface area contributed by atoms with Crippen molar-refractivity contribution in [2.45, 2.75) is 87.5 Å². The fourth-order valence-corrected chi connectivity index (χ4v) is 12.4. The Labute approximate surface area is 337 Å².